The molecule has 1 saturated heterocycles. The van der Waals surface area contributed by atoms with E-state index in [1.165, 1.54) is 12.1 Å². The summed E-state index contributed by atoms with van der Waals surface area (Å²) >= 11 is 5.94. The molecule has 1 atom stereocenters. The third-order valence-electron chi connectivity index (χ3n) is 4.10. The van der Waals surface area contributed by atoms with E-state index in [-0.39, 0.29) is 22.5 Å². The molecule has 5 heteroatoms. The molecule has 0 saturated carbocycles. The zero-order chi connectivity index (χ0) is 14.8. The molecule has 1 fully saturated rings. The molecule has 1 heterocycles. The molecule has 3 nitrogen and oxygen atoms in total. The number of halogens is 2. The molecule has 0 aromatic heterocycles. The number of rotatable bonds is 3. The van der Waals surface area contributed by atoms with Crippen molar-refractivity contribution < 1.29 is 9.18 Å². The molecule has 2 rings (SSSR count). The highest BCUT2D eigenvalue weighted by Gasteiger charge is 2.37. The Balaban J connectivity index is 2.14. The van der Waals surface area contributed by atoms with E-state index < -0.39 is 11.2 Å². The number of carbonyl (C=O) groups excluding carboxylic acids is 1. The second-order valence-electron chi connectivity index (χ2n) is 5.82. The van der Waals surface area contributed by atoms with Gasteiger partial charge < -0.3 is 10.6 Å². The van der Waals surface area contributed by atoms with Crippen LogP contribution in [0.3, 0.4) is 0 Å². The Morgan fingerprint density at radius 1 is 1.50 bits per heavy atom. The fraction of sp³-hybridized carbons (Fsp3) is 0.533. The molecule has 2 N–H and O–H groups in total. The molecule has 0 spiro atoms. The Kier molecular flexibility index (Phi) is 4.66. The fourth-order valence-electron chi connectivity index (χ4n) is 2.55. The maximum Gasteiger partial charge on any atom is 0.230 e. The Hall–Kier alpha value is -1.13. The summed E-state index contributed by atoms with van der Waals surface area (Å²) in [6.07, 6.45) is 2.06. The van der Waals surface area contributed by atoms with E-state index in [2.05, 4.69) is 10.6 Å². The average molecular weight is 299 g/mol. The Bertz CT molecular complexity index is 478. The summed E-state index contributed by atoms with van der Waals surface area (Å²) in [4.78, 5) is 12.5. The first-order valence-electron chi connectivity index (χ1n) is 6.89. The predicted molar refractivity (Wildman–Crippen MR) is 79.4 cm³/mol. The smallest absolute Gasteiger partial charge is 0.230 e. The van der Waals surface area contributed by atoms with Gasteiger partial charge in [-0.2, -0.15) is 0 Å². The molecule has 1 unspecified atom stereocenters. The van der Waals surface area contributed by atoms with Gasteiger partial charge in [-0.05, 0) is 44.0 Å². The van der Waals surface area contributed by atoms with E-state index in [1.54, 1.807) is 6.07 Å². The van der Waals surface area contributed by atoms with Crippen LogP contribution in [0.15, 0.2) is 18.2 Å². The number of nitrogens with one attached hydrogen (secondary N) is 2. The van der Waals surface area contributed by atoms with E-state index in [0.29, 0.717) is 0 Å². The van der Waals surface area contributed by atoms with Crippen molar-refractivity contribution in [2.75, 3.05) is 18.4 Å². The maximum atomic E-state index is 13.7. The van der Waals surface area contributed by atoms with Crippen molar-refractivity contribution in [3.05, 3.63) is 29.0 Å². The highest BCUT2D eigenvalue weighted by atomic mass is 35.5. The van der Waals surface area contributed by atoms with Crippen LogP contribution in [-0.2, 0) is 4.79 Å². The van der Waals surface area contributed by atoms with Crippen LogP contribution in [-0.4, -0.2) is 19.0 Å². The second kappa shape index (κ2) is 6.10. The minimum atomic E-state index is -0.570. The van der Waals surface area contributed by atoms with E-state index in [0.717, 1.165) is 25.9 Å². The number of amides is 1. The minimum absolute atomic E-state index is 0.0658. The summed E-state index contributed by atoms with van der Waals surface area (Å²) in [6.45, 7) is 5.60. The molecule has 0 aliphatic carbocycles. The van der Waals surface area contributed by atoms with Gasteiger partial charge in [0.05, 0.1) is 10.7 Å². The summed E-state index contributed by atoms with van der Waals surface area (Å²) in [7, 11) is 0. The number of para-hydroxylation sites is 1. The van der Waals surface area contributed by atoms with Gasteiger partial charge in [-0.25, -0.2) is 4.39 Å². The van der Waals surface area contributed by atoms with Crippen molar-refractivity contribution in [3.63, 3.8) is 0 Å². The molecule has 1 aromatic rings. The fourth-order valence-corrected chi connectivity index (χ4v) is 2.76. The highest BCUT2D eigenvalue weighted by Crippen LogP contribution is 2.34. The zero-order valence-electron chi connectivity index (χ0n) is 11.8. The van der Waals surface area contributed by atoms with Crippen LogP contribution in [0.4, 0.5) is 10.1 Å². The Labute approximate surface area is 123 Å². The summed E-state index contributed by atoms with van der Waals surface area (Å²) in [5, 5.41) is 6.16. The number of carbonyl (C=O) groups is 1. The Morgan fingerprint density at radius 3 is 2.85 bits per heavy atom. The molecule has 1 aliphatic rings. The first kappa shape index (κ1) is 15.3. The Morgan fingerprint density at radius 2 is 2.25 bits per heavy atom. The first-order valence-corrected chi connectivity index (χ1v) is 7.27. The van der Waals surface area contributed by atoms with Gasteiger partial charge in [-0.15, -0.1) is 0 Å². The van der Waals surface area contributed by atoms with E-state index in [9.17, 15) is 9.18 Å². The molecule has 20 heavy (non-hydrogen) atoms. The molecular formula is C15H20ClFN2O. The molecule has 1 aromatic carbocycles. The summed E-state index contributed by atoms with van der Waals surface area (Å²) < 4.78 is 13.7. The third-order valence-corrected chi connectivity index (χ3v) is 4.42. The molecule has 1 amide bonds. The normalized spacial score (nSPS) is 19.7. The van der Waals surface area contributed by atoms with Crippen LogP contribution in [0, 0.1) is 17.2 Å². The summed E-state index contributed by atoms with van der Waals surface area (Å²) in [6, 6.07) is 4.37. The van der Waals surface area contributed by atoms with Crippen LogP contribution in [0.2, 0.25) is 5.02 Å². The number of piperidine rings is 1. The predicted octanol–water partition coefficient (Wildman–Crippen LogP) is 3.44. The quantitative estimate of drug-likeness (QED) is 0.897. The lowest BCUT2D eigenvalue weighted by Gasteiger charge is -2.36. The van der Waals surface area contributed by atoms with Crippen LogP contribution in [0.5, 0.6) is 0 Å². The van der Waals surface area contributed by atoms with Crippen LogP contribution in [0.25, 0.3) is 0 Å². The van der Waals surface area contributed by atoms with Gasteiger partial charge in [0.1, 0.15) is 5.82 Å². The van der Waals surface area contributed by atoms with E-state index in [1.807, 2.05) is 13.8 Å². The highest BCUT2D eigenvalue weighted by molar-refractivity contribution is 6.33. The van der Waals surface area contributed by atoms with Crippen LogP contribution >= 0.6 is 11.6 Å². The molecule has 1 aliphatic heterocycles. The van der Waals surface area contributed by atoms with Gasteiger partial charge in [0, 0.05) is 5.41 Å². The SMILES string of the molecule is CC(C)(C(=O)Nc1c(F)cccc1Cl)C1CCCNC1. The molecule has 110 valence electrons. The van der Waals surface area contributed by atoms with Crippen LogP contribution < -0.4 is 10.6 Å². The zero-order valence-corrected chi connectivity index (χ0v) is 12.6. The number of hydrogen-bond acceptors (Lipinski definition) is 2. The maximum absolute atomic E-state index is 13.7. The monoisotopic (exact) mass is 298 g/mol. The third kappa shape index (κ3) is 3.13. The second-order valence-corrected chi connectivity index (χ2v) is 6.22. The van der Waals surface area contributed by atoms with Gasteiger partial charge in [0.15, 0.2) is 0 Å². The summed E-state index contributed by atoms with van der Waals surface area (Å²) in [5.74, 6) is -0.469. The van der Waals surface area contributed by atoms with Crippen molar-refractivity contribution in [2.45, 2.75) is 26.7 Å². The summed E-state index contributed by atoms with van der Waals surface area (Å²) in [5.41, 5.74) is -0.505. The molecule has 0 bridgehead atoms. The van der Waals surface area contributed by atoms with Crippen molar-refractivity contribution in [3.8, 4) is 0 Å². The van der Waals surface area contributed by atoms with Gasteiger partial charge in [-0.1, -0.05) is 31.5 Å². The van der Waals surface area contributed by atoms with Gasteiger partial charge in [0.2, 0.25) is 5.91 Å². The van der Waals surface area contributed by atoms with Crippen molar-refractivity contribution in [2.24, 2.45) is 11.3 Å². The van der Waals surface area contributed by atoms with E-state index in [4.69, 9.17) is 11.6 Å². The largest absolute Gasteiger partial charge is 0.322 e. The number of hydrogen-bond donors (Lipinski definition) is 2. The topological polar surface area (TPSA) is 41.1 Å². The number of benzene rings is 1. The van der Waals surface area contributed by atoms with Gasteiger partial charge >= 0.3 is 0 Å². The van der Waals surface area contributed by atoms with Gasteiger partial charge in [0.25, 0.3) is 0 Å². The lowest BCUT2D eigenvalue weighted by Crippen LogP contribution is -2.45. The molecule has 0 radical (unpaired) electrons. The van der Waals surface area contributed by atoms with E-state index >= 15 is 0 Å². The lowest BCUT2D eigenvalue weighted by atomic mass is 9.74. The number of anilines is 1. The van der Waals surface area contributed by atoms with Gasteiger partial charge in [-0.3, -0.25) is 4.79 Å². The first-order chi connectivity index (χ1) is 9.43. The van der Waals surface area contributed by atoms with Crippen LogP contribution in [0.1, 0.15) is 26.7 Å². The van der Waals surface area contributed by atoms with Crippen molar-refractivity contribution in [1.82, 2.24) is 5.32 Å². The standard InChI is InChI=1S/C15H20ClFN2O/c1-15(2,10-5-4-8-18-9-10)14(20)19-13-11(16)6-3-7-12(13)17/h3,6-7,10,18H,4-5,8-9H2,1-2H3,(H,19,20). The lowest BCUT2D eigenvalue weighted by molar-refractivity contribution is -0.127. The van der Waals surface area contributed by atoms with Crippen molar-refractivity contribution >= 4 is 23.2 Å². The molecular weight excluding hydrogens is 279 g/mol. The van der Waals surface area contributed by atoms with Crippen molar-refractivity contribution in [1.29, 1.82) is 0 Å². The average Bonchev–Trinajstić information content (AvgIpc) is 2.43. The minimum Gasteiger partial charge on any atom is -0.322 e.